The lowest BCUT2D eigenvalue weighted by Crippen LogP contribution is -2.07. The van der Waals surface area contributed by atoms with Crippen molar-refractivity contribution in [3.8, 4) is 0 Å². The lowest BCUT2D eigenvalue weighted by Gasteiger charge is -2.07. The van der Waals surface area contributed by atoms with Crippen LogP contribution in [0.1, 0.15) is 13.3 Å². The second kappa shape index (κ2) is 5.45. The Balaban J connectivity index is 2.41. The summed E-state index contributed by atoms with van der Waals surface area (Å²) in [6.07, 6.45) is 2.70. The molecule has 0 fully saturated rings. The highest BCUT2D eigenvalue weighted by Gasteiger charge is 1.99. The van der Waals surface area contributed by atoms with Gasteiger partial charge in [0.15, 0.2) is 0 Å². The molecule has 72 valence electrons. The molecule has 0 saturated carbocycles. The van der Waals surface area contributed by atoms with Crippen LogP contribution in [0.5, 0.6) is 0 Å². The van der Waals surface area contributed by atoms with Crippen LogP contribution < -0.4 is 5.32 Å². The van der Waals surface area contributed by atoms with E-state index in [0.717, 1.165) is 23.3 Å². The Morgan fingerprint density at radius 1 is 1.69 bits per heavy atom. The van der Waals surface area contributed by atoms with Crippen LogP contribution in [0.4, 0.5) is 5.82 Å². The summed E-state index contributed by atoms with van der Waals surface area (Å²) in [5, 5.41) is 3.41. The first-order valence-corrected chi connectivity index (χ1v) is 5.41. The van der Waals surface area contributed by atoms with Gasteiger partial charge in [0, 0.05) is 18.1 Å². The molecule has 0 bridgehead atoms. The topological polar surface area (TPSA) is 24.9 Å². The first-order chi connectivity index (χ1) is 6.20. The van der Waals surface area contributed by atoms with Gasteiger partial charge >= 0.3 is 0 Å². The van der Waals surface area contributed by atoms with Gasteiger partial charge in [-0.1, -0.05) is 0 Å². The van der Waals surface area contributed by atoms with Gasteiger partial charge in [0.2, 0.25) is 0 Å². The summed E-state index contributed by atoms with van der Waals surface area (Å²) in [6.45, 7) is 2.83. The zero-order valence-electron chi connectivity index (χ0n) is 7.43. The first-order valence-electron chi connectivity index (χ1n) is 4.18. The van der Waals surface area contributed by atoms with Gasteiger partial charge in [-0.2, -0.15) is 0 Å². The Bertz CT molecular complexity index is 266. The highest BCUT2D eigenvalue weighted by atomic mass is 79.9. The number of nitrogens with zero attached hydrogens (tertiary/aromatic N) is 1. The maximum atomic E-state index is 5.81. The van der Waals surface area contributed by atoms with E-state index in [9.17, 15) is 0 Å². The van der Waals surface area contributed by atoms with E-state index in [1.54, 1.807) is 6.20 Å². The van der Waals surface area contributed by atoms with Crippen LogP contribution in [0.25, 0.3) is 0 Å². The molecule has 0 saturated heterocycles. The number of hydrogen-bond donors (Lipinski definition) is 1. The van der Waals surface area contributed by atoms with E-state index in [1.165, 1.54) is 0 Å². The molecule has 0 amide bonds. The van der Waals surface area contributed by atoms with Crippen molar-refractivity contribution in [2.45, 2.75) is 18.7 Å². The normalized spacial score (nSPS) is 12.5. The molecule has 1 heterocycles. The fraction of sp³-hybridized carbons (Fsp3) is 0.444. The molecule has 0 spiro atoms. The van der Waals surface area contributed by atoms with Crippen LogP contribution >= 0.6 is 27.5 Å². The molecule has 1 atom stereocenters. The minimum absolute atomic E-state index is 0.204. The average Bonchev–Trinajstić information content (AvgIpc) is 2.08. The summed E-state index contributed by atoms with van der Waals surface area (Å²) in [6, 6.07) is 3.85. The molecule has 1 unspecified atom stereocenters. The van der Waals surface area contributed by atoms with Crippen LogP contribution in [-0.2, 0) is 0 Å². The van der Waals surface area contributed by atoms with Crippen LogP contribution in [0.2, 0.25) is 0 Å². The first kappa shape index (κ1) is 10.8. The Morgan fingerprint density at radius 2 is 2.46 bits per heavy atom. The Kier molecular flexibility index (Phi) is 4.53. The SMILES string of the molecule is CC(Cl)CCNc1ncccc1Br. The molecular weight excluding hydrogens is 251 g/mol. The second-order valence-corrected chi connectivity index (χ2v) is 4.43. The van der Waals surface area contributed by atoms with E-state index in [4.69, 9.17) is 11.6 Å². The van der Waals surface area contributed by atoms with Crippen LogP contribution in [0.15, 0.2) is 22.8 Å². The summed E-state index contributed by atoms with van der Waals surface area (Å²) < 4.78 is 0.984. The summed E-state index contributed by atoms with van der Waals surface area (Å²) in [5.74, 6) is 0.875. The lowest BCUT2D eigenvalue weighted by molar-refractivity contribution is 0.839. The monoisotopic (exact) mass is 262 g/mol. The van der Waals surface area contributed by atoms with Crippen LogP contribution in [-0.4, -0.2) is 16.9 Å². The van der Waals surface area contributed by atoms with Crippen molar-refractivity contribution in [3.05, 3.63) is 22.8 Å². The molecule has 0 aliphatic rings. The Hall–Kier alpha value is -0.280. The van der Waals surface area contributed by atoms with Crippen molar-refractivity contribution in [2.75, 3.05) is 11.9 Å². The molecule has 13 heavy (non-hydrogen) atoms. The van der Waals surface area contributed by atoms with E-state index in [2.05, 4.69) is 26.2 Å². The number of hydrogen-bond acceptors (Lipinski definition) is 2. The third kappa shape index (κ3) is 3.96. The fourth-order valence-corrected chi connectivity index (χ4v) is 1.41. The largest absolute Gasteiger partial charge is 0.369 e. The number of rotatable bonds is 4. The predicted molar refractivity (Wildman–Crippen MR) is 60.4 cm³/mol. The zero-order valence-corrected chi connectivity index (χ0v) is 9.77. The maximum Gasteiger partial charge on any atom is 0.140 e. The molecule has 0 radical (unpaired) electrons. The average molecular weight is 264 g/mol. The molecule has 1 aromatic heterocycles. The quantitative estimate of drug-likeness (QED) is 0.843. The molecule has 4 heteroatoms. The van der Waals surface area contributed by atoms with Gasteiger partial charge in [0.05, 0.1) is 4.47 Å². The van der Waals surface area contributed by atoms with Gasteiger partial charge < -0.3 is 5.32 Å². The molecule has 1 rings (SSSR count). The molecule has 0 aliphatic carbocycles. The van der Waals surface area contributed by atoms with Crippen molar-refractivity contribution in [2.24, 2.45) is 0 Å². The molecular formula is C9H12BrClN2. The maximum absolute atomic E-state index is 5.81. The van der Waals surface area contributed by atoms with Gasteiger partial charge in [-0.05, 0) is 41.4 Å². The van der Waals surface area contributed by atoms with Gasteiger partial charge in [-0.25, -0.2) is 4.98 Å². The predicted octanol–water partition coefficient (Wildman–Crippen LogP) is 3.27. The smallest absolute Gasteiger partial charge is 0.140 e. The highest BCUT2D eigenvalue weighted by Crippen LogP contribution is 2.18. The van der Waals surface area contributed by atoms with Crippen molar-refractivity contribution < 1.29 is 0 Å². The minimum atomic E-state index is 0.204. The van der Waals surface area contributed by atoms with Gasteiger partial charge in [-0.15, -0.1) is 11.6 Å². The van der Waals surface area contributed by atoms with E-state index < -0.39 is 0 Å². The summed E-state index contributed by atoms with van der Waals surface area (Å²) in [4.78, 5) is 4.17. The Morgan fingerprint density at radius 3 is 3.08 bits per heavy atom. The highest BCUT2D eigenvalue weighted by molar-refractivity contribution is 9.10. The number of anilines is 1. The summed E-state index contributed by atoms with van der Waals surface area (Å²) in [7, 11) is 0. The van der Waals surface area contributed by atoms with Crippen molar-refractivity contribution in [3.63, 3.8) is 0 Å². The third-order valence-electron chi connectivity index (χ3n) is 1.59. The summed E-state index contributed by atoms with van der Waals surface area (Å²) in [5.41, 5.74) is 0. The minimum Gasteiger partial charge on any atom is -0.369 e. The van der Waals surface area contributed by atoms with Crippen molar-refractivity contribution in [1.29, 1.82) is 0 Å². The van der Waals surface area contributed by atoms with Gasteiger partial charge in [-0.3, -0.25) is 0 Å². The lowest BCUT2D eigenvalue weighted by atomic mass is 10.3. The number of nitrogens with one attached hydrogen (secondary N) is 1. The van der Waals surface area contributed by atoms with E-state index >= 15 is 0 Å². The zero-order chi connectivity index (χ0) is 9.68. The molecule has 0 aliphatic heterocycles. The molecule has 2 nitrogen and oxygen atoms in total. The van der Waals surface area contributed by atoms with E-state index in [0.29, 0.717) is 0 Å². The number of aromatic nitrogens is 1. The Labute approximate surface area is 91.8 Å². The molecule has 1 N–H and O–H groups in total. The molecule has 0 aromatic carbocycles. The third-order valence-corrected chi connectivity index (χ3v) is 2.45. The number of halogens is 2. The van der Waals surface area contributed by atoms with E-state index in [1.807, 2.05) is 19.1 Å². The van der Waals surface area contributed by atoms with Gasteiger partial charge in [0.25, 0.3) is 0 Å². The molecule has 1 aromatic rings. The van der Waals surface area contributed by atoms with E-state index in [-0.39, 0.29) is 5.38 Å². The van der Waals surface area contributed by atoms with Crippen molar-refractivity contribution in [1.82, 2.24) is 4.98 Å². The standard InChI is InChI=1S/C9H12BrClN2/c1-7(11)4-6-13-9-8(10)3-2-5-12-9/h2-3,5,7H,4,6H2,1H3,(H,12,13). The van der Waals surface area contributed by atoms with Crippen molar-refractivity contribution >= 4 is 33.3 Å². The summed E-state index contributed by atoms with van der Waals surface area (Å²) >= 11 is 9.22. The fourth-order valence-electron chi connectivity index (χ4n) is 0.905. The van der Waals surface area contributed by atoms with Crippen LogP contribution in [0, 0.1) is 0 Å². The van der Waals surface area contributed by atoms with Gasteiger partial charge in [0.1, 0.15) is 5.82 Å². The number of pyridine rings is 1. The number of alkyl halides is 1. The second-order valence-electron chi connectivity index (χ2n) is 2.83. The van der Waals surface area contributed by atoms with Crippen LogP contribution in [0.3, 0.4) is 0 Å².